The van der Waals surface area contributed by atoms with Gasteiger partial charge in [0.25, 0.3) is 0 Å². The molecule has 2 aromatic carbocycles. The maximum Gasteiger partial charge on any atom is 0.338 e. The van der Waals surface area contributed by atoms with E-state index >= 15 is 0 Å². The van der Waals surface area contributed by atoms with Crippen LogP contribution in [0.2, 0.25) is 0 Å². The lowest BCUT2D eigenvalue weighted by Gasteiger charge is -2.22. The number of nitrogens with one attached hydrogen (secondary N) is 1. The summed E-state index contributed by atoms with van der Waals surface area (Å²) in [5, 5.41) is 22.7. The zero-order chi connectivity index (χ0) is 22.3. The third-order valence-electron chi connectivity index (χ3n) is 5.65. The van der Waals surface area contributed by atoms with Crippen LogP contribution in [-0.4, -0.2) is 46.6 Å². The highest BCUT2D eigenvalue weighted by molar-refractivity contribution is 6.23. The van der Waals surface area contributed by atoms with Crippen LogP contribution in [-0.2, 0) is 19.1 Å². The smallest absolute Gasteiger partial charge is 0.338 e. The molecule has 0 saturated carbocycles. The van der Waals surface area contributed by atoms with Crippen LogP contribution in [0, 0.1) is 11.8 Å². The van der Waals surface area contributed by atoms with Crippen molar-refractivity contribution in [1.82, 2.24) is 5.32 Å². The van der Waals surface area contributed by atoms with Crippen molar-refractivity contribution in [2.24, 2.45) is 11.8 Å². The van der Waals surface area contributed by atoms with Crippen LogP contribution < -0.4 is 10.2 Å². The van der Waals surface area contributed by atoms with Crippen LogP contribution >= 0.6 is 0 Å². The highest BCUT2D eigenvalue weighted by Crippen LogP contribution is 2.46. The molecule has 0 spiro atoms. The highest BCUT2D eigenvalue weighted by atomic mass is 16.5. The van der Waals surface area contributed by atoms with Crippen molar-refractivity contribution in [3.63, 3.8) is 0 Å². The van der Waals surface area contributed by atoms with E-state index in [-0.39, 0.29) is 23.6 Å². The normalized spacial score (nSPS) is 24.9. The number of amides is 2. The molecule has 3 N–H and O–H groups in total. The third kappa shape index (κ3) is 3.32. The van der Waals surface area contributed by atoms with Gasteiger partial charge in [0.15, 0.2) is 0 Å². The van der Waals surface area contributed by atoms with Crippen molar-refractivity contribution in [1.29, 1.82) is 0 Å². The average Bonchev–Trinajstić information content (AvgIpc) is 3.26. The van der Waals surface area contributed by atoms with E-state index < -0.39 is 47.7 Å². The molecule has 0 aromatic heterocycles. The van der Waals surface area contributed by atoms with Gasteiger partial charge in [-0.3, -0.25) is 19.7 Å². The summed E-state index contributed by atoms with van der Waals surface area (Å²) in [4.78, 5) is 51.0. The van der Waals surface area contributed by atoms with Gasteiger partial charge in [-0.15, -0.1) is 0 Å². The van der Waals surface area contributed by atoms with Gasteiger partial charge in [-0.25, -0.2) is 9.69 Å². The number of carbonyl (C=O) groups excluding carboxylic acids is 3. The Hall–Kier alpha value is -3.72. The number of hydrogen-bond donors (Lipinski definition) is 3. The molecule has 2 aromatic rings. The minimum absolute atomic E-state index is 0.0951. The molecule has 2 amide bonds. The van der Waals surface area contributed by atoms with Gasteiger partial charge in [-0.1, -0.05) is 18.2 Å². The number of aliphatic carboxylic acids is 1. The van der Waals surface area contributed by atoms with E-state index in [2.05, 4.69) is 5.32 Å². The fourth-order valence-electron chi connectivity index (χ4n) is 4.29. The molecule has 0 radical (unpaired) electrons. The van der Waals surface area contributed by atoms with E-state index in [9.17, 15) is 29.4 Å². The number of aromatic hydroxyl groups is 1. The van der Waals surface area contributed by atoms with E-state index in [1.165, 1.54) is 30.3 Å². The summed E-state index contributed by atoms with van der Waals surface area (Å²) < 4.78 is 4.93. The predicted molar refractivity (Wildman–Crippen MR) is 107 cm³/mol. The van der Waals surface area contributed by atoms with Crippen LogP contribution in [0.1, 0.15) is 28.9 Å². The number of ether oxygens (including phenoxy) is 1. The second-order valence-corrected chi connectivity index (χ2v) is 7.35. The molecule has 0 bridgehead atoms. The van der Waals surface area contributed by atoms with Crippen molar-refractivity contribution in [3.8, 4) is 5.75 Å². The lowest BCUT2D eigenvalue weighted by atomic mass is 9.86. The minimum Gasteiger partial charge on any atom is -0.508 e. The summed E-state index contributed by atoms with van der Waals surface area (Å²) in [6.07, 6.45) is 0. The zero-order valence-corrected chi connectivity index (χ0v) is 16.5. The Kier molecular flexibility index (Phi) is 5.20. The van der Waals surface area contributed by atoms with Gasteiger partial charge in [0.2, 0.25) is 11.8 Å². The summed E-state index contributed by atoms with van der Waals surface area (Å²) >= 11 is 0. The average molecular weight is 424 g/mol. The maximum atomic E-state index is 13.3. The van der Waals surface area contributed by atoms with Crippen molar-refractivity contribution in [2.45, 2.75) is 19.0 Å². The topological polar surface area (TPSA) is 133 Å². The van der Waals surface area contributed by atoms with Crippen LogP contribution in [0.5, 0.6) is 5.75 Å². The zero-order valence-electron chi connectivity index (χ0n) is 16.5. The first-order valence-electron chi connectivity index (χ1n) is 9.77. The quantitative estimate of drug-likeness (QED) is 0.485. The lowest BCUT2D eigenvalue weighted by molar-refractivity contribution is -0.142. The van der Waals surface area contributed by atoms with E-state index in [0.29, 0.717) is 5.56 Å². The molecule has 31 heavy (non-hydrogen) atoms. The molecule has 4 atom stereocenters. The Morgan fingerprint density at radius 3 is 2.29 bits per heavy atom. The van der Waals surface area contributed by atoms with E-state index in [0.717, 1.165) is 4.90 Å². The number of phenols is 1. The SMILES string of the molecule is CCOC(=O)c1ccc(N2C(=O)[C@@H]3[C@H](C2=O)[C@@H](c2ccccc2O)N[C@H]3C(=O)O)cc1. The second-order valence-electron chi connectivity index (χ2n) is 7.35. The van der Waals surface area contributed by atoms with Gasteiger partial charge in [-0.05, 0) is 37.3 Å². The fraction of sp³-hybridized carbons (Fsp3) is 0.273. The standard InChI is InChI=1S/C22H20N2O7/c1-2-31-22(30)11-7-9-12(10-8-11)24-19(26)15-16(20(24)27)18(21(28)29)23-17(15)13-5-3-4-6-14(13)25/h3-10,15-18,23,25H,2H2,1H3,(H,28,29)/t15-,16+,17+,18+/m0/s1. The Bertz CT molecular complexity index is 1070. The van der Waals surface area contributed by atoms with Gasteiger partial charge in [0.05, 0.1) is 29.7 Å². The van der Waals surface area contributed by atoms with Gasteiger partial charge in [0.1, 0.15) is 11.8 Å². The van der Waals surface area contributed by atoms with Gasteiger partial charge in [-0.2, -0.15) is 0 Å². The first-order valence-corrected chi connectivity index (χ1v) is 9.77. The number of anilines is 1. The molecule has 4 rings (SSSR count). The highest BCUT2D eigenvalue weighted by Gasteiger charge is 2.61. The molecule has 0 aliphatic carbocycles. The fourth-order valence-corrected chi connectivity index (χ4v) is 4.29. The number of carbonyl (C=O) groups is 4. The van der Waals surface area contributed by atoms with E-state index in [1.54, 1.807) is 25.1 Å². The Labute approximate surface area is 177 Å². The van der Waals surface area contributed by atoms with Gasteiger partial charge in [0, 0.05) is 11.6 Å². The van der Waals surface area contributed by atoms with Crippen molar-refractivity contribution in [3.05, 3.63) is 59.7 Å². The summed E-state index contributed by atoms with van der Waals surface area (Å²) in [6.45, 7) is 1.89. The number of nitrogens with zero attached hydrogens (tertiary/aromatic N) is 1. The Morgan fingerprint density at radius 1 is 1.03 bits per heavy atom. The molecular weight excluding hydrogens is 404 g/mol. The number of carboxylic acids is 1. The first-order chi connectivity index (χ1) is 14.8. The molecule has 2 fully saturated rings. The molecule has 2 aliphatic heterocycles. The lowest BCUT2D eigenvalue weighted by Crippen LogP contribution is -2.43. The number of benzene rings is 2. The maximum absolute atomic E-state index is 13.3. The minimum atomic E-state index is -1.28. The van der Waals surface area contributed by atoms with Crippen LogP contribution in [0.3, 0.4) is 0 Å². The molecule has 9 nitrogen and oxygen atoms in total. The number of para-hydroxylation sites is 1. The number of phenolic OH excluding ortho intramolecular Hbond substituents is 1. The Morgan fingerprint density at radius 2 is 1.68 bits per heavy atom. The van der Waals surface area contributed by atoms with Crippen LogP contribution in [0.4, 0.5) is 5.69 Å². The molecule has 2 aliphatic rings. The molecule has 2 saturated heterocycles. The van der Waals surface area contributed by atoms with E-state index in [1.807, 2.05) is 0 Å². The third-order valence-corrected chi connectivity index (χ3v) is 5.65. The van der Waals surface area contributed by atoms with Crippen LogP contribution in [0.15, 0.2) is 48.5 Å². The number of fused-ring (bicyclic) bond motifs is 1. The van der Waals surface area contributed by atoms with Crippen molar-refractivity contribution in [2.75, 3.05) is 11.5 Å². The number of hydrogen-bond acceptors (Lipinski definition) is 7. The molecule has 160 valence electrons. The van der Waals surface area contributed by atoms with E-state index in [4.69, 9.17) is 4.74 Å². The largest absolute Gasteiger partial charge is 0.508 e. The molecule has 2 heterocycles. The monoisotopic (exact) mass is 424 g/mol. The number of carboxylic acid groups (broad SMARTS) is 1. The first kappa shape index (κ1) is 20.5. The molecule has 0 unspecified atom stereocenters. The summed E-state index contributed by atoms with van der Waals surface area (Å²) in [7, 11) is 0. The van der Waals surface area contributed by atoms with Gasteiger partial charge >= 0.3 is 11.9 Å². The van der Waals surface area contributed by atoms with Crippen LogP contribution in [0.25, 0.3) is 0 Å². The summed E-state index contributed by atoms with van der Waals surface area (Å²) in [6, 6.07) is 9.94. The second kappa shape index (κ2) is 7.84. The molecular formula is C22H20N2O7. The summed E-state index contributed by atoms with van der Waals surface area (Å²) in [5.41, 5.74) is 0.849. The number of rotatable bonds is 5. The molecule has 9 heteroatoms. The predicted octanol–water partition coefficient (Wildman–Crippen LogP) is 1.47. The Balaban J connectivity index is 1.70. The summed E-state index contributed by atoms with van der Waals surface area (Å²) in [5.74, 6) is -5.21. The van der Waals surface area contributed by atoms with Crippen molar-refractivity contribution < 1.29 is 34.1 Å². The number of imide groups is 1. The van der Waals surface area contributed by atoms with Gasteiger partial charge < -0.3 is 14.9 Å². The number of esters is 1. The van der Waals surface area contributed by atoms with Crippen molar-refractivity contribution >= 4 is 29.4 Å².